The average molecular weight is 275 g/mol. The first kappa shape index (κ1) is 13.4. The number of hydrogen-bond donors (Lipinski definition) is 2. The van der Waals surface area contributed by atoms with Gasteiger partial charge in [0.15, 0.2) is 0 Å². The fourth-order valence-corrected chi connectivity index (χ4v) is 2.13. The number of rotatable bonds is 2. The molecule has 1 amide bonds. The minimum atomic E-state index is -0.255. The van der Waals surface area contributed by atoms with E-state index in [9.17, 15) is 4.79 Å². The van der Waals surface area contributed by atoms with Crippen LogP contribution < -0.4 is 11.1 Å². The average Bonchev–Trinajstić information content (AvgIpc) is 2.37. The van der Waals surface area contributed by atoms with E-state index in [1.807, 2.05) is 32.0 Å². The standard InChI is InChI=1S/C15H15ClN2O/c1-9-5-3-6-10(2)14(9)18-15(19)11-7-4-8-12(17)13(11)16/h3-8H,17H2,1-2H3,(H,18,19). The molecule has 2 aromatic rings. The van der Waals surface area contributed by atoms with Crippen molar-refractivity contribution in [3.05, 3.63) is 58.1 Å². The number of nitrogen functional groups attached to an aromatic ring is 1. The quantitative estimate of drug-likeness (QED) is 0.819. The molecule has 0 radical (unpaired) electrons. The maximum Gasteiger partial charge on any atom is 0.257 e. The van der Waals surface area contributed by atoms with Gasteiger partial charge in [-0.1, -0.05) is 35.9 Å². The van der Waals surface area contributed by atoms with Gasteiger partial charge in [-0.25, -0.2) is 0 Å². The van der Waals surface area contributed by atoms with E-state index in [0.717, 1.165) is 16.8 Å². The fraction of sp³-hybridized carbons (Fsp3) is 0.133. The summed E-state index contributed by atoms with van der Waals surface area (Å²) in [5.41, 5.74) is 9.30. The van der Waals surface area contributed by atoms with Gasteiger partial charge in [0, 0.05) is 5.69 Å². The SMILES string of the molecule is Cc1cccc(C)c1NC(=O)c1cccc(N)c1Cl. The number of nitrogens with two attached hydrogens (primary N) is 1. The van der Waals surface area contributed by atoms with Crippen LogP contribution in [0.1, 0.15) is 21.5 Å². The van der Waals surface area contributed by atoms with Crippen LogP contribution in [-0.2, 0) is 0 Å². The van der Waals surface area contributed by atoms with Gasteiger partial charge in [0.05, 0.1) is 16.3 Å². The highest BCUT2D eigenvalue weighted by Gasteiger charge is 2.14. The van der Waals surface area contributed by atoms with Gasteiger partial charge in [0.2, 0.25) is 0 Å². The number of carbonyl (C=O) groups is 1. The molecular formula is C15H15ClN2O. The number of aryl methyl sites for hydroxylation is 2. The van der Waals surface area contributed by atoms with Crippen molar-refractivity contribution in [2.75, 3.05) is 11.1 Å². The summed E-state index contributed by atoms with van der Waals surface area (Å²) >= 11 is 6.05. The second kappa shape index (κ2) is 5.33. The molecule has 98 valence electrons. The van der Waals surface area contributed by atoms with Crippen LogP contribution in [0, 0.1) is 13.8 Å². The Balaban J connectivity index is 2.34. The van der Waals surface area contributed by atoms with Gasteiger partial charge < -0.3 is 11.1 Å². The van der Waals surface area contributed by atoms with Gasteiger partial charge in [0.25, 0.3) is 5.91 Å². The lowest BCUT2D eigenvalue weighted by atomic mass is 10.1. The van der Waals surface area contributed by atoms with Gasteiger partial charge >= 0.3 is 0 Å². The molecule has 0 saturated carbocycles. The molecule has 2 aromatic carbocycles. The summed E-state index contributed by atoms with van der Waals surface area (Å²) in [5.74, 6) is -0.255. The molecule has 0 aliphatic rings. The van der Waals surface area contributed by atoms with Crippen LogP contribution >= 0.6 is 11.6 Å². The van der Waals surface area contributed by atoms with Crippen LogP contribution in [0.2, 0.25) is 5.02 Å². The third kappa shape index (κ3) is 2.71. The summed E-state index contributed by atoms with van der Waals surface area (Å²) in [5, 5.41) is 3.17. The zero-order valence-electron chi connectivity index (χ0n) is 10.8. The topological polar surface area (TPSA) is 55.1 Å². The Hall–Kier alpha value is -2.00. The first-order valence-electron chi connectivity index (χ1n) is 5.92. The molecule has 0 spiro atoms. The molecule has 0 aromatic heterocycles. The number of benzene rings is 2. The Bertz CT molecular complexity index is 618. The lowest BCUT2D eigenvalue weighted by Crippen LogP contribution is -2.14. The first-order valence-corrected chi connectivity index (χ1v) is 6.30. The van der Waals surface area contributed by atoms with E-state index in [1.54, 1.807) is 18.2 Å². The Labute approximate surface area is 117 Å². The van der Waals surface area contributed by atoms with E-state index >= 15 is 0 Å². The van der Waals surface area contributed by atoms with Gasteiger partial charge in [-0.15, -0.1) is 0 Å². The van der Waals surface area contributed by atoms with E-state index in [4.69, 9.17) is 17.3 Å². The summed E-state index contributed by atoms with van der Waals surface area (Å²) in [6.45, 7) is 3.90. The minimum absolute atomic E-state index is 0.255. The van der Waals surface area contributed by atoms with Crippen LogP contribution in [-0.4, -0.2) is 5.91 Å². The third-order valence-electron chi connectivity index (χ3n) is 2.99. The van der Waals surface area contributed by atoms with Crippen molar-refractivity contribution in [2.24, 2.45) is 0 Å². The highest BCUT2D eigenvalue weighted by Crippen LogP contribution is 2.25. The Morgan fingerprint density at radius 2 is 1.68 bits per heavy atom. The molecule has 0 heterocycles. The smallest absolute Gasteiger partial charge is 0.257 e. The molecule has 19 heavy (non-hydrogen) atoms. The number of anilines is 2. The molecule has 0 aliphatic carbocycles. The van der Waals surface area contributed by atoms with Crippen molar-refractivity contribution in [1.82, 2.24) is 0 Å². The third-order valence-corrected chi connectivity index (χ3v) is 3.41. The Morgan fingerprint density at radius 1 is 1.11 bits per heavy atom. The number of hydrogen-bond acceptors (Lipinski definition) is 2. The monoisotopic (exact) mass is 274 g/mol. The van der Waals surface area contributed by atoms with Gasteiger partial charge in [0.1, 0.15) is 0 Å². The maximum atomic E-state index is 12.2. The molecule has 0 saturated heterocycles. The Kier molecular flexibility index (Phi) is 3.76. The van der Waals surface area contributed by atoms with Crippen molar-refractivity contribution in [3.8, 4) is 0 Å². The zero-order valence-corrected chi connectivity index (χ0v) is 11.6. The highest BCUT2D eigenvalue weighted by molar-refractivity contribution is 6.36. The lowest BCUT2D eigenvalue weighted by Gasteiger charge is -2.12. The molecular weight excluding hydrogens is 260 g/mol. The van der Waals surface area contributed by atoms with Crippen molar-refractivity contribution >= 4 is 28.9 Å². The van der Waals surface area contributed by atoms with Gasteiger partial charge in [-0.2, -0.15) is 0 Å². The second-order valence-electron chi connectivity index (χ2n) is 4.43. The van der Waals surface area contributed by atoms with Crippen LogP contribution in [0.5, 0.6) is 0 Å². The Morgan fingerprint density at radius 3 is 2.32 bits per heavy atom. The van der Waals surface area contributed by atoms with Crippen molar-refractivity contribution < 1.29 is 4.79 Å². The van der Waals surface area contributed by atoms with Crippen LogP contribution in [0.3, 0.4) is 0 Å². The number of halogens is 1. The second-order valence-corrected chi connectivity index (χ2v) is 4.81. The van der Waals surface area contributed by atoms with Gasteiger partial charge in [-0.05, 0) is 37.1 Å². The van der Waals surface area contributed by atoms with E-state index in [-0.39, 0.29) is 10.9 Å². The molecule has 0 bridgehead atoms. The summed E-state index contributed by atoms with van der Waals surface area (Å²) in [4.78, 5) is 12.2. The highest BCUT2D eigenvalue weighted by atomic mass is 35.5. The summed E-state index contributed by atoms with van der Waals surface area (Å²) < 4.78 is 0. The van der Waals surface area contributed by atoms with Crippen molar-refractivity contribution in [3.63, 3.8) is 0 Å². The molecule has 0 aliphatic heterocycles. The molecule has 4 heteroatoms. The minimum Gasteiger partial charge on any atom is -0.398 e. The van der Waals surface area contributed by atoms with E-state index in [2.05, 4.69) is 5.32 Å². The van der Waals surface area contributed by atoms with Crippen molar-refractivity contribution in [1.29, 1.82) is 0 Å². The molecule has 2 rings (SSSR count). The fourth-order valence-electron chi connectivity index (χ4n) is 1.92. The molecule has 0 atom stereocenters. The largest absolute Gasteiger partial charge is 0.398 e. The first-order chi connectivity index (χ1) is 9.00. The zero-order chi connectivity index (χ0) is 14.0. The summed E-state index contributed by atoms with van der Waals surface area (Å²) in [6.07, 6.45) is 0. The number of para-hydroxylation sites is 1. The predicted octanol–water partition coefficient (Wildman–Crippen LogP) is 3.79. The van der Waals surface area contributed by atoms with Crippen LogP contribution in [0.15, 0.2) is 36.4 Å². The van der Waals surface area contributed by atoms with Crippen molar-refractivity contribution in [2.45, 2.75) is 13.8 Å². The number of carbonyl (C=O) groups excluding carboxylic acids is 1. The van der Waals surface area contributed by atoms with Crippen LogP contribution in [0.25, 0.3) is 0 Å². The summed E-state index contributed by atoms with van der Waals surface area (Å²) in [6, 6.07) is 10.9. The van der Waals surface area contributed by atoms with Crippen LogP contribution in [0.4, 0.5) is 11.4 Å². The van der Waals surface area contributed by atoms with E-state index in [1.165, 1.54) is 0 Å². The number of nitrogens with one attached hydrogen (secondary N) is 1. The van der Waals surface area contributed by atoms with E-state index < -0.39 is 0 Å². The summed E-state index contributed by atoms with van der Waals surface area (Å²) in [7, 11) is 0. The normalized spacial score (nSPS) is 10.3. The molecule has 0 fully saturated rings. The molecule has 3 N–H and O–H groups in total. The molecule has 0 unspecified atom stereocenters. The maximum absolute atomic E-state index is 12.2. The predicted molar refractivity (Wildman–Crippen MR) is 79.7 cm³/mol. The van der Waals surface area contributed by atoms with Gasteiger partial charge in [-0.3, -0.25) is 4.79 Å². The molecule has 3 nitrogen and oxygen atoms in total. The lowest BCUT2D eigenvalue weighted by molar-refractivity contribution is 0.102. The van der Waals surface area contributed by atoms with E-state index in [0.29, 0.717) is 11.3 Å². The number of amides is 1.